The zero-order chi connectivity index (χ0) is 16.6. The van der Waals surface area contributed by atoms with E-state index >= 15 is 0 Å². The summed E-state index contributed by atoms with van der Waals surface area (Å²) in [5, 5.41) is 3.32. The van der Waals surface area contributed by atoms with Gasteiger partial charge in [-0.15, -0.1) is 0 Å². The smallest absolute Gasteiger partial charge is 0.318 e. The van der Waals surface area contributed by atoms with E-state index in [0.29, 0.717) is 6.10 Å². The standard InChI is InChI=1S/C18H28N4O2/c1-2-24-15-12-14(18(15)7-5-8-18)21-17(23)22-11-4-3-6-13(22)16-19-9-10-20-16/h9-10,13-15H,2-8,11-12H2,1H3,(H,19,20)(H,21,23). The zero-order valence-electron chi connectivity index (χ0n) is 14.5. The van der Waals surface area contributed by atoms with E-state index in [1.807, 2.05) is 11.1 Å². The normalized spacial score (nSPS) is 31.4. The van der Waals surface area contributed by atoms with Crippen LogP contribution < -0.4 is 5.32 Å². The molecule has 4 rings (SSSR count). The molecule has 2 aliphatic carbocycles. The highest BCUT2D eigenvalue weighted by Gasteiger charge is 2.59. The largest absolute Gasteiger partial charge is 0.378 e. The fraction of sp³-hybridized carbons (Fsp3) is 0.778. The first-order chi connectivity index (χ1) is 11.7. The maximum absolute atomic E-state index is 12.9. The summed E-state index contributed by atoms with van der Waals surface area (Å²) >= 11 is 0. The number of aromatic amines is 1. The molecule has 6 nitrogen and oxygen atoms in total. The van der Waals surface area contributed by atoms with Crippen LogP contribution in [-0.2, 0) is 4.74 Å². The molecule has 0 radical (unpaired) electrons. The molecule has 1 aromatic heterocycles. The lowest BCUT2D eigenvalue weighted by molar-refractivity contribution is -0.170. The molecule has 2 saturated carbocycles. The Balaban J connectivity index is 1.42. The fourth-order valence-corrected chi connectivity index (χ4v) is 4.79. The summed E-state index contributed by atoms with van der Waals surface area (Å²) in [4.78, 5) is 22.5. The summed E-state index contributed by atoms with van der Waals surface area (Å²) in [7, 11) is 0. The molecule has 1 saturated heterocycles. The first-order valence-electron chi connectivity index (χ1n) is 9.42. The number of nitrogens with one attached hydrogen (secondary N) is 2. The summed E-state index contributed by atoms with van der Waals surface area (Å²) in [6.07, 6.45) is 11.7. The van der Waals surface area contributed by atoms with Gasteiger partial charge >= 0.3 is 6.03 Å². The number of urea groups is 1. The van der Waals surface area contributed by atoms with Crippen molar-refractivity contribution in [2.24, 2.45) is 5.41 Å². The van der Waals surface area contributed by atoms with Crippen molar-refractivity contribution in [1.29, 1.82) is 0 Å². The number of likely N-dealkylation sites (tertiary alicyclic amines) is 1. The second-order valence-electron chi connectivity index (χ2n) is 7.45. The fourth-order valence-electron chi connectivity index (χ4n) is 4.79. The van der Waals surface area contributed by atoms with Gasteiger partial charge in [-0.1, -0.05) is 6.42 Å². The molecule has 6 heteroatoms. The lowest BCUT2D eigenvalue weighted by atomic mass is 9.51. The predicted octanol–water partition coefficient (Wildman–Crippen LogP) is 2.99. The van der Waals surface area contributed by atoms with E-state index in [4.69, 9.17) is 4.74 Å². The van der Waals surface area contributed by atoms with E-state index in [2.05, 4.69) is 22.2 Å². The van der Waals surface area contributed by atoms with Crippen molar-refractivity contribution in [3.8, 4) is 0 Å². The zero-order valence-corrected chi connectivity index (χ0v) is 14.5. The van der Waals surface area contributed by atoms with Crippen LogP contribution in [0.3, 0.4) is 0 Å². The molecule has 132 valence electrons. The summed E-state index contributed by atoms with van der Waals surface area (Å²) in [6.45, 7) is 3.63. The van der Waals surface area contributed by atoms with Gasteiger partial charge in [-0.25, -0.2) is 9.78 Å². The van der Waals surface area contributed by atoms with Gasteiger partial charge in [-0.2, -0.15) is 0 Å². The number of carbonyl (C=O) groups is 1. The van der Waals surface area contributed by atoms with Crippen molar-refractivity contribution < 1.29 is 9.53 Å². The van der Waals surface area contributed by atoms with E-state index < -0.39 is 0 Å². The maximum atomic E-state index is 12.9. The number of amides is 2. The van der Waals surface area contributed by atoms with Crippen LogP contribution in [-0.4, -0.2) is 46.2 Å². The number of imidazole rings is 1. The van der Waals surface area contributed by atoms with Crippen molar-refractivity contribution in [2.45, 2.75) is 70.1 Å². The van der Waals surface area contributed by atoms with Crippen LogP contribution in [0.5, 0.6) is 0 Å². The number of rotatable bonds is 4. The molecular formula is C18H28N4O2. The molecular weight excluding hydrogens is 304 g/mol. The highest BCUT2D eigenvalue weighted by molar-refractivity contribution is 5.75. The average Bonchev–Trinajstić information content (AvgIpc) is 3.06. The van der Waals surface area contributed by atoms with E-state index in [0.717, 1.165) is 44.7 Å². The van der Waals surface area contributed by atoms with Crippen LogP contribution in [0, 0.1) is 5.41 Å². The van der Waals surface area contributed by atoms with Crippen LogP contribution in [0.2, 0.25) is 0 Å². The van der Waals surface area contributed by atoms with E-state index in [9.17, 15) is 4.79 Å². The van der Waals surface area contributed by atoms with E-state index in [-0.39, 0.29) is 23.5 Å². The summed E-state index contributed by atoms with van der Waals surface area (Å²) < 4.78 is 5.89. The first kappa shape index (κ1) is 15.9. The van der Waals surface area contributed by atoms with E-state index in [1.54, 1.807) is 6.20 Å². The van der Waals surface area contributed by atoms with Crippen molar-refractivity contribution >= 4 is 6.03 Å². The number of H-pyrrole nitrogens is 1. The molecule has 3 atom stereocenters. The number of aromatic nitrogens is 2. The first-order valence-corrected chi connectivity index (χ1v) is 9.42. The topological polar surface area (TPSA) is 70.2 Å². The number of ether oxygens (including phenoxy) is 1. The average molecular weight is 332 g/mol. The predicted molar refractivity (Wildman–Crippen MR) is 90.5 cm³/mol. The quantitative estimate of drug-likeness (QED) is 0.890. The molecule has 1 spiro atoms. The molecule has 3 fully saturated rings. The third-order valence-electron chi connectivity index (χ3n) is 6.33. The summed E-state index contributed by atoms with van der Waals surface area (Å²) in [6, 6.07) is 0.422. The van der Waals surface area contributed by atoms with Gasteiger partial charge in [0.15, 0.2) is 0 Å². The lowest BCUT2D eigenvalue weighted by Gasteiger charge is -2.61. The molecule has 2 heterocycles. The van der Waals surface area contributed by atoms with Crippen molar-refractivity contribution in [3.63, 3.8) is 0 Å². The minimum Gasteiger partial charge on any atom is -0.378 e. The second kappa shape index (κ2) is 6.39. The van der Waals surface area contributed by atoms with Crippen LogP contribution in [0.15, 0.2) is 12.4 Å². The van der Waals surface area contributed by atoms with Gasteiger partial charge in [0.25, 0.3) is 0 Å². The molecule has 3 aliphatic rings. The Labute approximate surface area is 143 Å². The van der Waals surface area contributed by atoms with Crippen LogP contribution in [0.4, 0.5) is 4.79 Å². The van der Waals surface area contributed by atoms with Crippen LogP contribution in [0.1, 0.15) is 63.7 Å². The molecule has 0 aromatic carbocycles. The Kier molecular flexibility index (Phi) is 4.24. The Morgan fingerprint density at radius 2 is 2.33 bits per heavy atom. The van der Waals surface area contributed by atoms with Crippen molar-refractivity contribution in [3.05, 3.63) is 18.2 Å². The van der Waals surface area contributed by atoms with E-state index in [1.165, 1.54) is 19.3 Å². The Morgan fingerprint density at radius 3 is 3.00 bits per heavy atom. The molecule has 0 bridgehead atoms. The molecule has 2 amide bonds. The SMILES string of the molecule is CCOC1CC(NC(=O)N2CCCCC2c2ncc[nH]2)C12CCC2. The van der Waals surface area contributed by atoms with Crippen LogP contribution in [0.25, 0.3) is 0 Å². The van der Waals surface area contributed by atoms with Gasteiger partial charge in [0.05, 0.1) is 12.1 Å². The Bertz CT molecular complexity index is 570. The number of carbonyl (C=O) groups excluding carboxylic acids is 1. The monoisotopic (exact) mass is 332 g/mol. The van der Waals surface area contributed by atoms with Gasteiger partial charge in [-0.05, 0) is 45.4 Å². The molecule has 24 heavy (non-hydrogen) atoms. The third kappa shape index (κ3) is 2.51. The van der Waals surface area contributed by atoms with Crippen molar-refractivity contribution in [1.82, 2.24) is 20.2 Å². The summed E-state index contributed by atoms with van der Waals surface area (Å²) in [5.41, 5.74) is 0.210. The molecule has 3 unspecified atom stereocenters. The molecule has 1 aliphatic heterocycles. The van der Waals surface area contributed by atoms with Gasteiger partial charge in [0.2, 0.25) is 0 Å². The Hall–Kier alpha value is -1.56. The molecule has 2 N–H and O–H groups in total. The van der Waals surface area contributed by atoms with Gasteiger partial charge in [-0.3, -0.25) is 0 Å². The lowest BCUT2D eigenvalue weighted by Crippen LogP contribution is -2.68. The number of piperidine rings is 1. The van der Waals surface area contributed by atoms with Gasteiger partial charge in [0.1, 0.15) is 5.82 Å². The number of hydrogen-bond acceptors (Lipinski definition) is 3. The third-order valence-corrected chi connectivity index (χ3v) is 6.33. The van der Waals surface area contributed by atoms with Crippen LogP contribution >= 0.6 is 0 Å². The van der Waals surface area contributed by atoms with Gasteiger partial charge in [0, 0.05) is 37.0 Å². The minimum absolute atomic E-state index is 0.0716. The minimum atomic E-state index is 0.0716. The number of hydrogen-bond donors (Lipinski definition) is 2. The summed E-state index contributed by atoms with van der Waals surface area (Å²) in [5.74, 6) is 0.906. The van der Waals surface area contributed by atoms with Gasteiger partial charge < -0.3 is 19.9 Å². The Morgan fingerprint density at radius 1 is 1.46 bits per heavy atom. The maximum Gasteiger partial charge on any atom is 0.318 e. The highest BCUT2D eigenvalue weighted by Crippen LogP contribution is 2.57. The number of nitrogens with zero attached hydrogens (tertiary/aromatic N) is 2. The van der Waals surface area contributed by atoms with Crippen molar-refractivity contribution in [2.75, 3.05) is 13.2 Å². The molecule has 1 aromatic rings. The highest BCUT2D eigenvalue weighted by atomic mass is 16.5. The second-order valence-corrected chi connectivity index (χ2v) is 7.45.